The second kappa shape index (κ2) is 8.17. The molecule has 0 saturated carbocycles. The van der Waals surface area contributed by atoms with Gasteiger partial charge < -0.3 is 19.8 Å². The average molecular weight is 471 g/mol. The minimum absolute atomic E-state index is 0.0859. The van der Waals surface area contributed by atoms with Gasteiger partial charge in [-0.15, -0.1) is 11.3 Å². The average Bonchev–Trinajstić information content (AvgIpc) is 3.27. The number of nitrogens with zero attached hydrogens (tertiary/aromatic N) is 1. The van der Waals surface area contributed by atoms with E-state index in [1.54, 1.807) is 36.4 Å². The van der Waals surface area contributed by atoms with Crippen LogP contribution in [0.4, 0.5) is 11.4 Å². The van der Waals surface area contributed by atoms with E-state index in [0.717, 1.165) is 5.69 Å². The van der Waals surface area contributed by atoms with Crippen molar-refractivity contribution < 1.29 is 17.9 Å². The molecule has 0 radical (unpaired) electrons. The maximum atomic E-state index is 12.7. The number of aromatic amines is 1. The number of hydrogen-bond acceptors (Lipinski definition) is 8. The van der Waals surface area contributed by atoms with Crippen LogP contribution in [0.15, 0.2) is 63.6 Å². The summed E-state index contributed by atoms with van der Waals surface area (Å²) in [7, 11) is -3.79. The first kappa shape index (κ1) is 20.3. The van der Waals surface area contributed by atoms with Crippen molar-refractivity contribution in [2.24, 2.45) is 0 Å². The normalized spacial score (nSPS) is 13.1. The van der Waals surface area contributed by atoms with E-state index in [4.69, 9.17) is 9.47 Å². The molecule has 3 heterocycles. The molecule has 0 atom stereocenters. The molecule has 0 unspecified atom stereocenters. The Bertz CT molecular complexity index is 1450. The van der Waals surface area contributed by atoms with E-state index in [-0.39, 0.29) is 10.5 Å². The van der Waals surface area contributed by atoms with Gasteiger partial charge in [0.15, 0.2) is 11.5 Å². The lowest BCUT2D eigenvalue weighted by atomic mass is 10.3. The number of nitrogens with one attached hydrogen (secondary N) is 3. The molecule has 3 N–H and O–H groups in total. The molecule has 0 bridgehead atoms. The smallest absolute Gasteiger partial charge is 0.268 e. The van der Waals surface area contributed by atoms with Crippen LogP contribution in [0.5, 0.6) is 11.5 Å². The Morgan fingerprint density at radius 3 is 2.56 bits per heavy atom. The highest BCUT2D eigenvalue weighted by Gasteiger charge is 2.19. The minimum Gasteiger partial charge on any atom is -0.486 e. The van der Waals surface area contributed by atoms with E-state index >= 15 is 0 Å². The minimum atomic E-state index is -3.79. The number of sulfonamides is 1. The lowest BCUT2D eigenvalue weighted by molar-refractivity contribution is 0.171. The topological polar surface area (TPSA) is 122 Å². The Labute approximate surface area is 187 Å². The molecule has 9 nitrogen and oxygen atoms in total. The van der Waals surface area contributed by atoms with E-state index in [0.29, 0.717) is 53.0 Å². The van der Waals surface area contributed by atoms with Crippen molar-refractivity contribution in [3.63, 3.8) is 0 Å². The van der Waals surface area contributed by atoms with Crippen LogP contribution in [0, 0.1) is 0 Å². The molecule has 0 aliphatic carbocycles. The Morgan fingerprint density at radius 2 is 1.75 bits per heavy atom. The van der Waals surface area contributed by atoms with Crippen LogP contribution in [0.25, 0.3) is 10.2 Å². The summed E-state index contributed by atoms with van der Waals surface area (Å²) in [6, 6.07) is 13.1. The van der Waals surface area contributed by atoms with Crippen molar-refractivity contribution in [1.29, 1.82) is 0 Å². The second-order valence-electron chi connectivity index (χ2n) is 6.99. The van der Waals surface area contributed by atoms with Gasteiger partial charge in [-0.05, 0) is 47.8 Å². The van der Waals surface area contributed by atoms with Crippen LogP contribution in [0.2, 0.25) is 0 Å². The molecule has 4 aromatic rings. The predicted octanol–water partition coefficient (Wildman–Crippen LogP) is 3.17. The third kappa shape index (κ3) is 4.12. The first-order valence-electron chi connectivity index (χ1n) is 9.71. The van der Waals surface area contributed by atoms with Gasteiger partial charge in [0, 0.05) is 17.4 Å². The van der Waals surface area contributed by atoms with Gasteiger partial charge in [-0.3, -0.25) is 9.52 Å². The largest absolute Gasteiger partial charge is 0.486 e. The van der Waals surface area contributed by atoms with Crippen LogP contribution in [-0.2, 0) is 16.6 Å². The van der Waals surface area contributed by atoms with Gasteiger partial charge in [-0.1, -0.05) is 0 Å². The Balaban J connectivity index is 1.26. The number of H-pyrrole nitrogens is 1. The van der Waals surface area contributed by atoms with Gasteiger partial charge in [-0.2, -0.15) is 0 Å². The molecule has 1 aliphatic rings. The number of ether oxygens (including phenoxy) is 2. The first-order chi connectivity index (χ1) is 15.5. The lowest BCUT2D eigenvalue weighted by Crippen LogP contribution is -2.17. The monoisotopic (exact) mass is 470 g/mol. The van der Waals surface area contributed by atoms with Crippen molar-refractivity contribution in [1.82, 2.24) is 9.97 Å². The molecule has 0 saturated heterocycles. The summed E-state index contributed by atoms with van der Waals surface area (Å²) in [4.78, 5) is 19.3. The van der Waals surface area contributed by atoms with E-state index in [1.807, 2.05) is 5.38 Å². The molecule has 11 heteroatoms. The van der Waals surface area contributed by atoms with Crippen molar-refractivity contribution >= 4 is 43.0 Å². The number of thiophene rings is 1. The van der Waals surface area contributed by atoms with Gasteiger partial charge in [0.1, 0.15) is 23.7 Å². The van der Waals surface area contributed by atoms with E-state index in [2.05, 4.69) is 20.0 Å². The van der Waals surface area contributed by atoms with Crippen molar-refractivity contribution in [3.05, 3.63) is 70.1 Å². The molecule has 2 aromatic heterocycles. The predicted molar refractivity (Wildman–Crippen MR) is 122 cm³/mol. The molecule has 164 valence electrons. The molecular weight excluding hydrogens is 452 g/mol. The molecular formula is C21H18N4O5S2. The molecule has 2 aromatic carbocycles. The zero-order valence-electron chi connectivity index (χ0n) is 16.6. The summed E-state index contributed by atoms with van der Waals surface area (Å²) in [6.07, 6.45) is 0. The quantitative estimate of drug-likeness (QED) is 0.396. The van der Waals surface area contributed by atoms with Crippen molar-refractivity contribution in [2.45, 2.75) is 11.4 Å². The lowest BCUT2D eigenvalue weighted by Gasteiger charge is -2.19. The van der Waals surface area contributed by atoms with Crippen LogP contribution in [0.3, 0.4) is 0 Å². The third-order valence-corrected chi connectivity index (χ3v) is 7.07. The molecule has 0 spiro atoms. The fraction of sp³-hybridized carbons (Fsp3) is 0.143. The maximum absolute atomic E-state index is 12.7. The zero-order valence-corrected chi connectivity index (χ0v) is 18.3. The van der Waals surface area contributed by atoms with Crippen LogP contribution in [-0.4, -0.2) is 31.6 Å². The highest BCUT2D eigenvalue weighted by molar-refractivity contribution is 7.92. The number of benzene rings is 2. The van der Waals surface area contributed by atoms with Crippen LogP contribution in [0.1, 0.15) is 5.82 Å². The number of fused-ring (bicyclic) bond motifs is 2. The van der Waals surface area contributed by atoms with Gasteiger partial charge >= 0.3 is 0 Å². The highest BCUT2D eigenvalue weighted by atomic mass is 32.2. The number of anilines is 2. The maximum Gasteiger partial charge on any atom is 0.268 e. The third-order valence-electron chi connectivity index (χ3n) is 4.78. The molecule has 32 heavy (non-hydrogen) atoms. The van der Waals surface area contributed by atoms with Crippen molar-refractivity contribution in [2.75, 3.05) is 23.3 Å². The Hall–Kier alpha value is -3.57. The zero-order chi connectivity index (χ0) is 22.1. The van der Waals surface area contributed by atoms with Crippen LogP contribution < -0.4 is 25.1 Å². The number of hydrogen-bond donors (Lipinski definition) is 3. The first-order valence-corrected chi connectivity index (χ1v) is 12.1. The van der Waals surface area contributed by atoms with Gasteiger partial charge in [-0.25, -0.2) is 13.4 Å². The summed E-state index contributed by atoms with van der Waals surface area (Å²) in [6.45, 7) is 1.14. The number of rotatable bonds is 6. The van der Waals surface area contributed by atoms with Gasteiger partial charge in [0.2, 0.25) is 0 Å². The molecule has 1 aliphatic heterocycles. The summed E-state index contributed by atoms with van der Waals surface area (Å²) in [5.41, 5.74) is 1.67. The highest BCUT2D eigenvalue weighted by Crippen LogP contribution is 2.32. The summed E-state index contributed by atoms with van der Waals surface area (Å²) < 4.78 is 39.5. The van der Waals surface area contributed by atoms with Crippen LogP contribution >= 0.6 is 11.3 Å². The van der Waals surface area contributed by atoms with Gasteiger partial charge in [0.05, 0.1) is 17.0 Å². The molecule has 0 amide bonds. The fourth-order valence-electron chi connectivity index (χ4n) is 3.25. The van der Waals surface area contributed by atoms with E-state index in [1.165, 1.54) is 23.5 Å². The SMILES string of the molecule is O=c1[nH]c(CNc2ccc(NS(=O)(=O)c3ccc4c(c3)OCCO4)cc2)nc2ccsc12. The van der Waals surface area contributed by atoms with Gasteiger partial charge in [0.25, 0.3) is 15.6 Å². The van der Waals surface area contributed by atoms with E-state index < -0.39 is 10.0 Å². The standard InChI is InChI=1S/C21H18N4O5S2/c26-21-20-16(7-10-31-20)23-19(24-21)12-22-13-1-3-14(4-2-13)25-32(27,28)15-5-6-17-18(11-15)30-9-8-29-17/h1-7,10-11,22,25H,8-9,12H2,(H,23,24,26). The molecule has 0 fully saturated rings. The number of aromatic nitrogens is 2. The van der Waals surface area contributed by atoms with Crippen molar-refractivity contribution in [3.8, 4) is 11.5 Å². The molecule has 5 rings (SSSR count). The Kier molecular flexibility index (Phi) is 5.19. The van der Waals surface area contributed by atoms with E-state index in [9.17, 15) is 13.2 Å². The second-order valence-corrected chi connectivity index (χ2v) is 9.59. The fourth-order valence-corrected chi connectivity index (χ4v) is 5.05. The Morgan fingerprint density at radius 1 is 1.00 bits per heavy atom. The summed E-state index contributed by atoms with van der Waals surface area (Å²) in [5, 5.41) is 4.99. The summed E-state index contributed by atoms with van der Waals surface area (Å²) in [5.74, 6) is 1.45. The summed E-state index contributed by atoms with van der Waals surface area (Å²) >= 11 is 1.35.